The third-order valence-electron chi connectivity index (χ3n) is 4.40. The Kier molecular flexibility index (Phi) is 16.9. The van der Waals surface area contributed by atoms with Crippen molar-refractivity contribution in [2.75, 3.05) is 12.1 Å². The van der Waals surface area contributed by atoms with Gasteiger partial charge < -0.3 is 11.1 Å². The molecule has 2 aromatic carbocycles. The lowest BCUT2D eigenvalue weighted by Crippen LogP contribution is -2.46. The van der Waals surface area contributed by atoms with Crippen LogP contribution < -0.4 is 21.9 Å². The van der Waals surface area contributed by atoms with Crippen LogP contribution in [0.5, 0.6) is 0 Å². The second-order valence-corrected chi connectivity index (χ2v) is 8.08. The van der Waals surface area contributed by atoms with Crippen LogP contribution in [0, 0.1) is 6.92 Å². The average molecular weight is 482 g/mol. The Hall–Kier alpha value is -2.96. The molecule has 0 aromatic heterocycles. The number of aryl methyl sites for hydroxylation is 1. The highest BCUT2D eigenvalue weighted by molar-refractivity contribution is 8.03. The first kappa shape index (κ1) is 31.0. The second-order valence-electron chi connectivity index (χ2n) is 6.96. The van der Waals surface area contributed by atoms with Crippen molar-refractivity contribution in [1.29, 1.82) is 0 Å². The van der Waals surface area contributed by atoms with Gasteiger partial charge in [0, 0.05) is 17.5 Å². The molecule has 0 saturated heterocycles. The number of allylic oxidation sites excluding steroid dienone is 3. The maximum absolute atomic E-state index is 6.30. The van der Waals surface area contributed by atoms with Crippen molar-refractivity contribution in [1.82, 2.24) is 5.32 Å². The van der Waals surface area contributed by atoms with E-state index < -0.39 is 0 Å². The summed E-state index contributed by atoms with van der Waals surface area (Å²) in [5.74, 6) is 7.65. The molecule has 3 rings (SSSR count). The normalized spacial score (nSPS) is 14.4. The van der Waals surface area contributed by atoms with E-state index in [0.717, 1.165) is 28.4 Å². The largest absolute Gasteiger partial charge is 0.390 e. The molecule has 0 fully saturated rings. The van der Waals surface area contributed by atoms with Gasteiger partial charge in [0.1, 0.15) is 10.9 Å². The van der Waals surface area contributed by atoms with Crippen LogP contribution in [0.2, 0.25) is 0 Å². The number of hydrogen-bond donors (Lipinski definition) is 3. The van der Waals surface area contributed by atoms with E-state index in [1.165, 1.54) is 23.7 Å². The van der Waals surface area contributed by atoms with Gasteiger partial charge in [-0.3, -0.25) is 10.0 Å². The number of hydrazine groups is 1. The number of nitrogens with two attached hydrogens (primary N) is 2. The third kappa shape index (κ3) is 10.3. The van der Waals surface area contributed by atoms with Gasteiger partial charge in [0.25, 0.3) is 0 Å². The quantitative estimate of drug-likeness (QED) is 0.246. The summed E-state index contributed by atoms with van der Waals surface area (Å²) in [6.07, 6.45) is 8.31. The fourth-order valence-electron chi connectivity index (χ4n) is 2.66. The predicted molar refractivity (Wildman–Crippen MR) is 154 cm³/mol. The van der Waals surface area contributed by atoms with E-state index in [9.17, 15) is 0 Å². The maximum Gasteiger partial charge on any atom is 0.157 e. The molecular formula is C28H43N5S. The van der Waals surface area contributed by atoms with E-state index in [4.69, 9.17) is 11.6 Å². The Morgan fingerprint density at radius 2 is 1.76 bits per heavy atom. The highest BCUT2D eigenvalue weighted by atomic mass is 32.2. The van der Waals surface area contributed by atoms with E-state index in [2.05, 4.69) is 42.9 Å². The number of nitrogens with zero attached hydrogens (tertiary/aromatic N) is 2. The number of unbranched alkanes of at least 4 members (excludes halogenated alkanes) is 1. The molecule has 1 heterocycles. The number of nitrogens with one attached hydrogen (secondary N) is 1. The van der Waals surface area contributed by atoms with Gasteiger partial charge in [0.15, 0.2) is 5.82 Å². The smallest absolute Gasteiger partial charge is 0.157 e. The summed E-state index contributed by atoms with van der Waals surface area (Å²) in [5, 5.41) is 5.39. The first-order valence-electron chi connectivity index (χ1n) is 11.7. The summed E-state index contributed by atoms with van der Waals surface area (Å²) >= 11 is 1.47. The van der Waals surface area contributed by atoms with Crippen molar-refractivity contribution in [3.8, 4) is 0 Å². The summed E-state index contributed by atoms with van der Waals surface area (Å²) in [7, 11) is 1.74. The number of fused-ring (bicyclic) bond motifs is 1. The summed E-state index contributed by atoms with van der Waals surface area (Å²) in [6, 6.07) is 16.0. The van der Waals surface area contributed by atoms with E-state index in [-0.39, 0.29) is 0 Å². The van der Waals surface area contributed by atoms with Gasteiger partial charge >= 0.3 is 0 Å². The second kappa shape index (κ2) is 18.5. The molecule has 6 heteroatoms. The summed E-state index contributed by atoms with van der Waals surface area (Å²) < 4.78 is 0. The standard InChI is InChI=1S/C17H19N5S.C5H10.C4H8.C2H6/c1-11-6-5-7-12(10-11)23-15(18)17-21-16(20-2)13-8-3-4-9-14(13)22(17)19;1-3-5-4-2;1-3-4-2;1-2/h3-10H,18-19H2,1-2H3,(H,20,21);3H,1,4-5H2,2H3;3-4H,1-2H3;1-2H3/b17-15+;;4-3-;. The molecule has 0 unspecified atom stereocenters. The zero-order valence-corrected chi connectivity index (χ0v) is 22.7. The van der Waals surface area contributed by atoms with Gasteiger partial charge in [-0.05, 0) is 51.5 Å². The zero-order chi connectivity index (χ0) is 25.9. The fraction of sp³-hybridized carbons (Fsp3) is 0.321. The van der Waals surface area contributed by atoms with E-state index in [1.807, 2.05) is 82.3 Å². The SMILES string of the molecule is C/C=C\C.C=CCCC.CC.CN=C1N/C(=C(/N)Sc2cccc(C)c2)N(N)c2ccccc21. The Balaban J connectivity index is 0.000000839. The molecule has 0 atom stereocenters. The van der Waals surface area contributed by atoms with E-state index >= 15 is 0 Å². The molecule has 0 saturated carbocycles. The van der Waals surface area contributed by atoms with Crippen molar-refractivity contribution in [2.24, 2.45) is 16.6 Å². The van der Waals surface area contributed by atoms with Crippen molar-refractivity contribution in [3.05, 3.63) is 95.3 Å². The third-order valence-corrected chi connectivity index (χ3v) is 5.30. The Morgan fingerprint density at radius 3 is 2.26 bits per heavy atom. The van der Waals surface area contributed by atoms with Crippen LogP contribution >= 0.6 is 11.8 Å². The van der Waals surface area contributed by atoms with Crippen LogP contribution in [-0.2, 0) is 0 Å². The summed E-state index contributed by atoms with van der Waals surface area (Å²) in [5.41, 5.74) is 9.31. The number of amidine groups is 1. The van der Waals surface area contributed by atoms with Crippen LogP contribution in [0.1, 0.15) is 58.6 Å². The van der Waals surface area contributed by atoms with Crippen LogP contribution in [0.4, 0.5) is 5.69 Å². The number of aliphatic imine (C=N–C) groups is 1. The molecule has 0 amide bonds. The molecule has 0 bridgehead atoms. The minimum atomic E-state index is 0.591. The van der Waals surface area contributed by atoms with Crippen molar-refractivity contribution >= 4 is 23.3 Å². The highest BCUT2D eigenvalue weighted by Gasteiger charge is 2.25. The van der Waals surface area contributed by atoms with E-state index in [1.54, 1.807) is 12.1 Å². The molecule has 5 N–H and O–H groups in total. The van der Waals surface area contributed by atoms with Gasteiger partial charge in [-0.1, -0.05) is 87.0 Å². The van der Waals surface area contributed by atoms with Crippen LogP contribution in [0.3, 0.4) is 0 Å². The topological polar surface area (TPSA) is 79.7 Å². The lowest BCUT2D eigenvalue weighted by Gasteiger charge is -2.32. The Morgan fingerprint density at radius 1 is 1.12 bits per heavy atom. The van der Waals surface area contributed by atoms with Gasteiger partial charge in [-0.25, -0.2) is 5.84 Å². The lowest BCUT2D eigenvalue weighted by atomic mass is 10.1. The minimum absolute atomic E-state index is 0.591. The van der Waals surface area contributed by atoms with Crippen LogP contribution in [0.25, 0.3) is 0 Å². The molecule has 2 aromatic rings. The maximum atomic E-state index is 6.30. The molecule has 1 aliphatic heterocycles. The van der Waals surface area contributed by atoms with Crippen molar-refractivity contribution < 1.29 is 0 Å². The molecular weight excluding hydrogens is 438 g/mol. The minimum Gasteiger partial charge on any atom is -0.390 e. The summed E-state index contributed by atoms with van der Waals surface area (Å²) in [4.78, 5) is 5.37. The predicted octanol–water partition coefficient (Wildman–Crippen LogP) is 7.11. The van der Waals surface area contributed by atoms with E-state index in [0.29, 0.717) is 10.9 Å². The van der Waals surface area contributed by atoms with Gasteiger partial charge in [-0.15, -0.1) is 6.58 Å². The zero-order valence-electron chi connectivity index (χ0n) is 21.9. The molecule has 186 valence electrons. The van der Waals surface area contributed by atoms with Gasteiger partial charge in [0.2, 0.25) is 0 Å². The monoisotopic (exact) mass is 481 g/mol. The number of thioether (sulfide) groups is 1. The lowest BCUT2D eigenvalue weighted by molar-refractivity contribution is 0.879. The molecule has 0 aliphatic carbocycles. The molecule has 0 radical (unpaired) electrons. The number of benzene rings is 2. The van der Waals surface area contributed by atoms with Crippen LogP contribution in [0.15, 0.2) is 94.1 Å². The Bertz CT molecular complexity index is 943. The summed E-state index contributed by atoms with van der Waals surface area (Å²) in [6.45, 7) is 15.7. The molecule has 1 aliphatic rings. The average Bonchev–Trinajstić information content (AvgIpc) is 2.86. The van der Waals surface area contributed by atoms with Crippen LogP contribution in [-0.4, -0.2) is 12.9 Å². The molecule has 34 heavy (non-hydrogen) atoms. The van der Waals surface area contributed by atoms with Gasteiger partial charge in [-0.2, -0.15) is 0 Å². The first-order valence-corrected chi connectivity index (χ1v) is 12.6. The number of hydrogen-bond acceptors (Lipinski definition) is 5. The number of anilines is 1. The Labute approximate surface area is 211 Å². The molecule has 5 nitrogen and oxygen atoms in total. The number of para-hydroxylation sites is 1. The highest BCUT2D eigenvalue weighted by Crippen LogP contribution is 2.31. The fourth-order valence-corrected chi connectivity index (χ4v) is 3.55. The van der Waals surface area contributed by atoms with Crippen molar-refractivity contribution in [2.45, 2.75) is 59.3 Å². The molecule has 0 spiro atoms. The van der Waals surface area contributed by atoms with Gasteiger partial charge in [0.05, 0.1) is 5.69 Å². The van der Waals surface area contributed by atoms with Crippen molar-refractivity contribution in [3.63, 3.8) is 0 Å². The first-order chi connectivity index (χ1) is 16.4. The number of rotatable bonds is 4.